The summed E-state index contributed by atoms with van der Waals surface area (Å²) in [6.45, 7) is 3.10. The van der Waals surface area contributed by atoms with Crippen LogP contribution in [0.2, 0.25) is 0 Å². The van der Waals surface area contributed by atoms with E-state index in [1.807, 2.05) is 48.5 Å². The van der Waals surface area contributed by atoms with Crippen LogP contribution in [0.25, 0.3) is 11.1 Å². The summed E-state index contributed by atoms with van der Waals surface area (Å²) in [6, 6.07) is 15.4. The van der Waals surface area contributed by atoms with Crippen LogP contribution in [0.1, 0.15) is 12.0 Å². The number of aliphatic imine (C=N–C) groups is 4. The van der Waals surface area contributed by atoms with E-state index < -0.39 is 0 Å². The third kappa shape index (κ3) is 17.6. The standard InChI is InChI=1S/C41H64N14O5S2/c1-42-38(43-2)51-19-23-57-32-13-11-12-30(36(32)59-25-21-53-40(46-5)47-6)31-16-15-29(28-55-33(56)17-27-61-62-34-14-9-10-18-50-34)35(58-24-20-52-39(44-3)45-4)37(31)60-26-22-54-41(48-7)49-8/h9-16,18H,17,19-28H2,1-8H3,(H,55,56)(H2,42,43,51)(H2,44,45,52)(H2,46,47,53)(H2,48,49,54). The minimum absolute atomic E-state index is 0.0935. The number of carbonyl (C=O) groups excluding carboxylic acids is 1. The van der Waals surface area contributed by atoms with E-state index >= 15 is 0 Å². The quantitative estimate of drug-likeness (QED) is 0.0271. The minimum Gasteiger partial charge on any atom is -0.488 e. The molecule has 2 aromatic carbocycles. The van der Waals surface area contributed by atoms with Gasteiger partial charge >= 0.3 is 0 Å². The Labute approximate surface area is 373 Å². The third-order valence-electron chi connectivity index (χ3n) is 8.55. The average Bonchev–Trinajstić information content (AvgIpc) is 3.30. The van der Waals surface area contributed by atoms with Gasteiger partial charge < -0.3 is 66.8 Å². The van der Waals surface area contributed by atoms with Gasteiger partial charge in [-0.2, -0.15) is 0 Å². The molecule has 0 saturated heterocycles. The van der Waals surface area contributed by atoms with E-state index in [4.69, 9.17) is 18.9 Å². The molecule has 0 bridgehead atoms. The lowest BCUT2D eigenvalue weighted by atomic mass is 9.99. The Morgan fingerprint density at radius 1 is 0.581 bits per heavy atom. The summed E-state index contributed by atoms with van der Waals surface area (Å²) in [6.07, 6.45) is 2.08. The van der Waals surface area contributed by atoms with Crippen molar-refractivity contribution in [2.24, 2.45) is 20.0 Å². The number of benzene rings is 2. The number of rotatable bonds is 24. The van der Waals surface area contributed by atoms with Crippen molar-refractivity contribution in [1.29, 1.82) is 0 Å². The highest BCUT2D eigenvalue weighted by Gasteiger charge is 2.23. The Bertz CT molecular complexity index is 1900. The van der Waals surface area contributed by atoms with Gasteiger partial charge in [0.25, 0.3) is 0 Å². The van der Waals surface area contributed by atoms with Crippen LogP contribution in [0.4, 0.5) is 0 Å². The topological polar surface area (TPSA) is 225 Å². The molecule has 0 saturated carbocycles. The van der Waals surface area contributed by atoms with Crippen LogP contribution in [-0.4, -0.2) is 149 Å². The number of para-hydroxylation sites is 1. The molecule has 0 spiro atoms. The van der Waals surface area contributed by atoms with Gasteiger partial charge in [0.2, 0.25) is 5.91 Å². The molecule has 3 aromatic rings. The van der Waals surface area contributed by atoms with Crippen molar-refractivity contribution < 1.29 is 23.7 Å². The Balaban J connectivity index is 2.05. The van der Waals surface area contributed by atoms with Crippen LogP contribution in [0.5, 0.6) is 23.0 Å². The zero-order valence-electron chi connectivity index (χ0n) is 37.1. The zero-order valence-corrected chi connectivity index (χ0v) is 38.7. The van der Waals surface area contributed by atoms with Gasteiger partial charge in [-0.05, 0) is 35.1 Å². The van der Waals surface area contributed by atoms with Crippen LogP contribution < -0.4 is 66.8 Å². The molecule has 3 rings (SSSR count). The molecular formula is C41H64N14O5S2. The van der Waals surface area contributed by atoms with Crippen LogP contribution in [0, 0.1) is 0 Å². The summed E-state index contributed by atoms with van der Waals surface area (Å²) in [7, 11) is 17.1. The molecule has 0 radical (unpaired) electrons. The predicted octanol–water partition coefficient (Wildman–Crippen LogP) is 1.89. The van der Waals surface area contributed by atoms with E-state index in [0.717, 1.165) is 10.6 Å². The first kappa shape index (κ1) is 50.4. The first-order valence-electron chi connectivity index (χ1n) is 20.2. The van der Waals surface area contributed by atoms with E-state index in [-0.39, 0.29) is 32.3 Å². The number of hydrogen-bond donors (Lipinski definition) is 9. The number of nitrogens with one attached hydrogen (secondary N) is 9. The Morgan fingerprint density at radius 3 is 1.61 bits per heavy atom. The van der Waals surface area contributed by atoms with Crippen molar-refractivity contribution >= 4 is 51.3 Å². The molecule has 0 fully saturated rings. The summed E-state index contributed by atoms with van der Waals surface area (Å²) in [4.78, 5) is 34.3. The second-order valence-corrected chi connectivity index (χ2v) is 15.0. The number of pyridine rings is 1. The molecule has 1 heterocycles. The van der Waals surface area contributed by atoms with Crippen LogP contribution in [0.3, 0.4) is 0 Å². The van der Waals surface area contributed by atoms with E-state index in [1.165, 1.54) is 0 Å². The van der Waals surface area contributed by atoms with Crippen molar-refractivity contribution in [3.63, 3.8) is 0 Å². The molecule has 0 aliphatic rings. The zero-order chi connectivity index (χ0) is 44.8. The molecule has 0 atom stereocenters. The lowest BCUT2D eigenvalue weighted by Crippen LogP contribution is -2.37. The fourth-order valence-corrected chi connectivity index (χ4v) is 7.45. The predicted molar refractivity (Wildman–Crippen MR) is 255 cm³/mol. The SMILES string of the molecule is CN=C(NC)NCCOc1cccc(-c2ccc(CNC(=O)CCSSc3ccccn3)c(OCCNC(=NC)NC)c2OCCNC(=NC)NC)c1OCCNC(=NC)NC. The lowest BCUT2D eigenvalue weighted by Gasteiger charge is -2.23. The number of nitrogens with zero attached hydrogens (tertiary/aromatic N) is 5. The van der Waals surface area contributed by atoms with E-state index in [0.29, 0.717) is 103 Å². The van der Waals surface area contributed by atoms with E-state index in [1.54, 1.807) is 84.2 Å². The third-order valence-corrected chi connectivity index (χ3v) is 10.8. The molecule has 1 aromatic heterocycles. The van der Waals surface area contributed by atoms with Gasteiger partial charge in [0, 0.05) is 98.0 Å². The smallest absolute Gasteiger partial charge is 0.221 e. The van der Waals surface area contributed by atoms with Gasteiger partial charge in [-0.3, -0.25) is 24.8 Å². The highest BCUT2D eigenvalue weighted by atomic mass is 33.1. The fraction of sp³-hybridized carbons (Fsp3) is 0.463. The molecule has 0 aliphatic carbocycles. The van der Waals surface area contributed by atoms with Gasteiger partial charge in [0.1, 0.15) is 31.5 Å². The number of aromatic nitrogens is 1. The number of amides is 1. The first-order valence-corrected chi connectivity index (χ1v) is 22.5. The lowest BCUT2D eigenvalue weighted by molar-refractivity contribution is -0.120. The Kier molecular flexibility index (Phi) is 24.5. The Hall–Kier alpha value is -5.96. The molecule has 0 aliphatic heterocycles. The number of ether oxygens (including phenoxy) is 4. The summed E-state index contributed by atoms with van der Waals surface area (Å²) >= 11 is 0. The van der Waals surface area contributed by atoms with Crippen molar-refractivity contribution in [3.05, 3.63) is 60.3 Å². The maximum atomic E-state index is 13.2. The summed E-state index contributed by atoms with van der Waals surface area (Å²) < 4.78 is 26.2. The van der Waals surface area contributed by atoms with E-state index in [9.17, 15) is 4.79 Å². The number of guanidine groups is 4. The van der Waals surface area contributed by atoms with Gasteiger partial charge in [-0.25, -0.2) is 4.98 Å². The van der Waals surface area contributed by atoms with Crippen molar-refractivity contribution in [2.75, 3.05) is 115 Å². The maximum absolute atomic E-state index is 13.2. The summed E-state index contributed by atoms with van der Waals surface area (Å²) in [5.41, 5.74) is 2.14. The monoisotopic (exact) mass is 896 g/mol. The Morgan fingerprint density at radius 2 is 1.10 bits per heavy atom. The highest BCUT2D eigenvalue weighted by Crippen LogP contribution is 2.47. The summed E-state index contributed by atoms with van der Waals surface area (Å²) in [5, 5.41) is 29.0. The second kappa shape index (κ2) is 30.1. The fourth-order valence-electron chi connectivity index (χ4n) is 5.58. The van der Waals surface area contributed by atoms with Crippen molar-refractivity contribution in [3.8, 4) is 34.1 Å². The molecule has 0 unspecified atom stereocenters. The van der Waals surface area contributed by atoms with Gasteiger partial charge in [-0.15, -0.1) is 0 Å². The average molecular weight is 897 g/mol. The molecule has 21 heteroatoms. The molecule has 340 valence electrons. The van der Waals surface area contributed by atoms with Gasteiger partial charge in [0.15, 0.2) is 46.8 Å². The largest absolute Gasteiger partial charge is 0.488 e. The number of carbonyl (C=O) groups is 1. The molecular weight excluding hydrogens is 833 g/mol. The minimum atomic E-state index is -0.0935. The van der Waals surface area contributed by atoms with Crippen LogP contribution >= 0.6 is 21.6 Å². The van der Waals surface area contributed by atoms with Gasteiger partial charge in [0.05, 0.1) is 26.2 Å². The molecule has 62 heavy (non-hydrogen) atoms. The highest BCUT2D eigenvalue weighted by molar-refractivity contribution is 8.76. The first-order chi connectivity index (χ1) is 30.3. The van der Waals surface area contributed by atoms with Crippen molar-refractivity contribution in [2.45, 2.75) is 18.0 Å². The van der Waals surface area contributed by atoms with Crippen molar-refractivity contribution in [1.82, 2.24) is 52.8 Å². The molecule has 9 N–H and O–H groups in total. The van der Waals surface area contributed by atoms with Crippen LogP contribution in [-0.2, 0) is 11.3 Å². The van der Waals surface area contributed by atoms with Gasteiger partial charge in [-0.1, -0.05) is 35.1 Å². The second-order valence-electron chi connectivity index (χ2n) is 12.6. The number of hydrogen-bond acceptors (Lipinski definition) is 12. The van der Waals surface area contributed by atoms with E-state index in [2.05, 4.69) is 72.8 Å². The summed E-state index contributed by atoms with van der Waals surface area (Å²) in [5.74, 6) is 5.02. The molecule has 19 nitrogen and oxygen atoms in total. The maximum Gasteiger partial charge on any atom is 0.221 e. The molecule has 1 amide bonds. The van der Waals surface area contributed by atoms with Crippen LogP contribution in [0.15, 0.2) is 79.7 Å². The normalized spacial score (nSPS) is 11.9.